The lowest BCUT2D eigenvalue weighted by atomic mass is 10.2. The van der Waals surface area contributed by atoms with Crippen LogP contribution in [0.4, 0.5) is 18.9 Å². The number of thiazole rings is 1. The number of rotatable bonds is 3. The van der Waals surface area contributed by atoms with Crippen LogP contribution in [0.5, 0.6) is 0 Å². The van der Waals surface area contributed by atoms with Crippen molar-refractivity contribution >= 4 is 27.8 Å². The second-order valence-corrected chi connectivity index (χ2v) is 9.04. The Kier molecular flexibility index (Phi) is 5.20. The second kappa shape index (κ2) is 7.63. The maximum absolute atomic E-state index is 12.9. The Hall–Kier alpha value is -2.26. The minimum Gasteiger partial charge on any atom is -0.370 e. The standard InChI is InChI=1S/C19H16F3N3OS2/c20-19(21,22)17-3-1-2-15(24-17)18-23-12-16(27-18)13-4-6-14(7-5-13)25-8-10-28(26)11-9-25/h1-7,12H,8-11H2. The monoisotopic (exact) mass is 423 g/mol. The molecule has 1 aliphatic heterocycles. The minimum atomic E-state index is -4.48. The van der Waals surface area contributed by atoms with Crippen molar-refractivity contribution in [3.8, 4) is 21.1 Å². The van der Waals surface area contributed by atoms with Crippen molar-refractivity contribution in [3.05, 3.63) is 54.4 Å². The van der Waals surface area contributed by atoms with Gasteiger partial charge in [0.25, 0.3) is 0 Å². The Morgan fingerprint density at radius 3 is 2.43 bits per heavy atom. The predicted octanol–water partition coefficient (Wildman–Crippen LogP) is 4.46. The first kappa shape index (κ1) is 19.1. The minimum absolute atomic E-state index is 0.212. The number of hydrogen-bond donors (Lipinski definition) is 0. The van der Waals surface area contributed by atoms with Gasteiger partial charge in [-0.1, -0.05) is 18.2 Å². The van der Waals surface area contributed by atoms with Crippen LogP contribution in [0.15, 0.2) is 48.7 Å². The molecule has 9 heteroatoms. The molecule has 4 nitrogen and oxygen atoms in total. The quantitative estimate of drug-likeness (QED) is 0.624. The molecule has 0 radical (unpaired) electrons. The van der Waals surface area contributed by atoms with E-state index in [1.807, 2.05) is 24.3 Å². The zero-order valence-corrected chi connectivity index (χ0v) is 16.3. The lowest BCUT2D eigenvalue weighted by Gasteiger charge is -2.28. The van der Waals surface area contributed by atoms with Crippen molar-refractivity contribution in [2.75, 3.05) is 29.5 Å². The maximum Gasteiger partial charge on any atom is 0.433 e. The van der Waals surface area contributed by atoms with Crippen LogP contribution in [-0.2, 0) is 17.0 Å². The van der Waals surface area contributed by atoms with E-state index in [0.717, 1.165) is 35.3 Å². The van der Waals surface area contributed by atoms with Gasteiger partial charge in [0.1, 0.15) is 10.7 Å². The van der Waals surface area contributed by atoms with E-state index in [-0.39, 0.29) is 5.69 Å². The molecule has 28 heavy (non-hydrogen) atoms. The predicted molar refractivity (Wildman–Crippen MR) is 106 cm³/mol. The summed E-state index contributed by atoms with van der Waals surface area (Å²) in [5.74, 6) is 1.37. The Labute approximate surface area is 166 Å². The van der Waals surface area contributed by atoms with Crippen LogP contribution in [0.3, 0.4) is 0 Å². The fourth-order valence-electron chi connectivity index (χ4n) is 2.97. The number of alkyl halides is 3. The van der Waals surface area contributed by atoms with Gasteiger partial charge in [-0.25, -0.2) is 9.97 Å². The van der Waals surface area contributed by atoms with E-state index >= 15 is 0 Å². The molecule has 2 aromatic heterocycles. The highest BCUT2D eigenvalue weighted by Crippen LogP contribution is 2.34. The molecule has 3 heterocycles. The molecule has 0 spiro atoms. The number of pyridine rings is 1. The van der Waals surface area contributed by atoms with E-state index in [9.17, 15) is 17.4 Å². The fourth-order valence-corrected chi connectivity index (χ4v) is 4.91. The molecular formula is C19H16F3N3OS2. The van der Waals surface area contributed by atoms with Gasteiger partial charge in [0.15, 0.2) is 0 Å². The van der Waals surface area contributed by atoms with Crippen LogP contribution in [0, 0.1) is 0 Å². The first-order valence-corrected chi connectivity index (χ1v) is 10.9. The van der Waals surface area contributed by atoms with E-state index in [1.165, 1.54) is 23.5 Å². The molecule has 1 fully saturated rings. The van der Waals surface area contributed by atoms with Crippen LogP contribution >= 0.6 is 11.3 Å². The van der Waals surface area contributed by atoms with Gasteiger partial charge in [-0.05, 0) is 29.8 Å². The van der Waals surface area contributed by atoms with Gasteiger partial charge >= 0.3 is 6.18 Å². The van der Waals surface area contributed by atoms with Crippen LogP contribution in [0.1, 0.15) is 5.69 Å². The molecule has 0 amide bonds. The van der Waals surface area contributed by atoms with Crippen LogP contribution in [0.25, 0.3) is 21.1 Å². The van der Waals surface area contributed by atoms with Crippen molar-refractivity contribution in [2.45, 2.75) is 6.18 Å². The molecule has 3 aromatic rings. The maximum atomic E-state index is 12.9. The molecule has 1 aliphatic rings. The molecule has 0 saturated carbocycles. The van der Waals surface area contributed by atoms with Crippen LogP contribution in [-0.4, -0.2) is 38.8 Å². The Morgan fingerprint density at radius 1 is 1.04 bits per heavy atom. The molecule has 0 aliphatic carbocycles. The highest BCUT2D eigenvalue weighted by atomic mass is 32.2. The zero-order chi connectivity index (χ0) is 19.7. The summed E-state index contributed by atoms with van der Waals surface area (Å²) in [5.41, 5.74) is 1.31. The largest absolute Gasteiger partial charge is 0.433 e. The van der Waals surface area contributed by atoms with E-state index in [0.29, 0.717) is 16.5 Å². The third kappa shape index (κ3) is 4.10. The fraction of sp³-hybridized carbons (Fsp3) is 0.263. The van der Waals surface area contributed by atoms with Gasteiger partial charge in [-0.15, -0.1) is 11.3 Å². The van der Waals surface area contributed by atoms with Crippen molar-refractivity contribution in [3.63, 3.8) is 0 Å². The Balaban J connectivity index is 1.54. The molecular weight excluding hydrogens is 407 g/mol. The SMILES string of the molecule is O=S1CCN(c2ccc(-c3cnc(-c4cccc(C(F)(F)F)n4)s3)cc2)CC1. The van der Waals surface area contributed by atoms with Crippen LogP contribution in [0.2, 0.25) is 0 Å². The average molecular weight is 423 g/mol. The summed E-state index contributed by atoms with van der Waals surface area (Å²) in [6.45, 7) is 1.55. The van der Waals surface area contributed by atoms with Gasteiger partial charge in [0.2, 0.25) is 0 Å². The highest BCUT2D eigenvalue weighted by Gasteiger charge is 2.32. The third-order valence-electron chi connectivity index (χ3n) is 4.46. The number of anilines is 1. The lowest BCUT2D eigenvalue weighted by Crippen LogP contribution is -2.37. The topological polar surface area (TPSA) is 46.1 Å². The third-order valence-corrected chi connectivity index (χ3v) is 6.80. The first-order valence-electron chi connectivity index (χ1n) is 8.61. The molecule has 0 bridgehead atoms. The van der Waals surface area contributed by atoms with E-state index < -0.39 is 22.7 Å². The number of halogens is 3. The molecule has 4 rings (SSSR count). The normalized spacial score (nSPS) is 15.8. The lowest BCUT2D eigenvalue weighted by molar-refractivity contribution is -0.141. The van der Waals surface area contributed by atoms with E-state index in [4.69, 9.17) is 0 Å². The number of hydrogen-bond acceptors (Lipinski definition) is 5. The van der Waals surface area contributed by atoms with Crippen LogP contribution < -0.4 is 4.90 Å². The molecule has 0 unspecified atom stereocenters. The summed E-state index contributed by atoms with van der Waals surface area (Å²) in [7, 11) is -0.716. The second-order valence-electron chi connectivity index (χ2n) is 6.32. The van der Waals surface area contributed by atoms with Gasteiger partial charge in [-0.3, -0.25) is 4.21 Å². The highest BCUT2D eigenvalue weighted by molar-refractivity contribution is 7.85. The molecule has 1 aromatic carbocycles. The molecule has 0 N–H and O–H groups in total. The van der Waals surface area contributed by atoms with Crippen molar-refractivity contribution in [1.29, 1.82) is 0 Å². The van der Waals surface area contributed by atoms with Gasteiger partial charge in [0.05, 0.1) is 10.6 Å². The summed E-state index contributed by atoms with van der Waals surface area (Å²) in [6, 6.07) is 11.8. The number of aromatic nitrogens is 2. The van der Waals surface area contributed by atoms with E-state index in [1.54, 1.807) is 6.20 Å². The average Bonchev–Trinajstić information content (AvgIpc) is 3.18. The molecule has 0 atom stereocenters. The first-order chi connectivity index (χ1) is 13.4. The van der Waals surface area contributed by atoms with Crippen molar-refractivity contribution in [2.24, 2.45) is 0 Å². The molecule has 1 saturated heterocycles. The summed E-state index contributed by atoms with van der Waals surface area (Å²) in [4.78, 5) is 11.0. The summed E-state index contributed by atoms with van der Waals surface area (Å²) < 4.78 is 50.1. The number of benzene rings is 1. The van der Waals surface area contributed by atoms with E-state index in [2.05, 4.69) is 14.9 Å². The summed E-state index contributed by atoms with van der Waals surface area (Å²) in [6.07, 6.45) is -2.83. The molecule has 146 valence electrons. The van der Waals surface area contributed by atoms with Gasteiger partial charge in [-0.2, -0.15) is 13.2 Å². The Bertz CT molecular complexity index is 992. The van der Waals surface area contributed by atoms with Gasteiger partial charge < -0.3 is 4.90 Å². The van der Waals surface area contributed by atoms with Crippen molar-refractivity contribution in [1.82, 2.24) is 9.97 Å². The van der Waals surface area contributed by atoms with Gasteiger partial charge in [0, 0.05) is 47.3 Å². The smallest absolute Gasteiger partial charge is 0.370 e. The zero-order valence-electron chi connectivity index (χ0n) is 14.6. The summed E-state index contributed by atoms with van der Waals surface area (Å²) in [5, 5.41) is 0.448. The summed E-state index contributed by atoms with van der Waals surface area (Å²) >= 11 is 1.31. The number of nitrogens with zero attached hydrogens (tertiary/aromatic N) is 3. The Morgan fingerprint density at radius 2 is 1.75 bits per heavy atom. The van der Waals surface area contributed by atoms with Crippen molar-refractivity contribution < 1.29 is 17.4 Å².